The summed E-state index contributed by atoms with van der Waals surface area (Å²) in [5.41, 5.74) is 2.74. The molecule has 2 aromatic carbocycles. The van der Waals surface area contributed by atoms with E-state index in [2.05, 4.69) is 4.99 Å². The maximum absolute atomic E-state index is 12.1. The van der Waals surface area contributed by atoms with Crippen LogP contribution in [0.3, 0.4) is 0 Å². The van der Waals surface area contributed by atoms with Crippen LogP contribution in [-0.2, 0) is 9.53 Å². The van der Waals surface area contributed by atoms with Crippen molar-refractivity contribution in [3.05, 3.63) is 87.2 Å². The van der Waals surface area contributed by atoms with Crippen LogP contribution in [0.1, 0.15) is 16.9 Å². The summed E-state index contributed by atoms with van der Waals surface area (Å²) in [7, 11) is 0. The van der Waals surface area contributed by atoms with Gasteiger partial charge in [0, 0.05) is 22.2 Å². The maximum atomic E-state index is 12.1. The number of furan rings is 1. The lowest BCUT2D eigenvalue weighted by atomic mass is 10.1. The molecule has 0 aliphatic carbocycles. The number of ether oxygens (including phenoxy) is 1. The number of hydrogen-bond donors (Lipinski definition) is 0. The van der Waals surface area contributed by atoms with E-state index in [1.807, 2.05) is 31.2 Å². The molecular formula is C21H13Cl2NO3. The molecule has 4 nitrogen and oxygen atoms in total. The van der Waals surface area contributed by atoms with Gasteiger partial charge in [-0.2, -0.15) is 0 Å². The van der Waals surface area contributed by atoms with Gasteiger partial charge in [-0.05, 0) is 49.4 Å². The highest BCUT2D eigenvalue weighted by Gasteiger charge is 2.24. The number of esters is 1. The topological polar surface area (TPSA) is 51.8 Å². The van der Waals surface area contributed by atoms with Crippen molar-refractivity contribution in [3.8, 4) is 11.3 Å². The Morgan fingerprint density at radius 3 is 2.52 bits per heavy atom. The van der Waals surface area contributed by atoms with E-state index in [0.29, 0.717) is 27.1 Å². The number of aliphatic imine (C=N–C) groups is 1. The first kappa shape index (κ1) is 17.6. The Balaban J connectivity index is 1.63. The Morgan fingerprint density at radius 2 is 1.78 bits per heavy atom. The number of rotatable bonds is 3. The number of benzene rings is 2. The average Bonchev–Trinajstić information content (AvgIpc) is 3.23. The van der Waals surface area contributed by atoms with Crippen LogP contribution >= 0.6 is 23.2 Å². The van der Waals surface area contributed by atoms with E-state index in [1.165, 1.54) is 6.08 Å². The molecule has 0 amide bonds. The maximum Gasteiger partial charge on any atom is 0.363 e. The van der Waals surface area contributed by atoms with Crippen molar-refractivity contribution >= 4 is 41.1 Å². The molecule has 0 radical (unpaired) electrons. The van der Waals surface area contributed by atoms with Gasteiger partial charge in [0.2, 0.25) is 5.90 Å². The standard InChI is InChI=1S/C21H13Cl2NO3/c1-12-2-4-13(5-3-12)20-24-18(21(25)27-20)11-15-7-9-19(26-15)16-8-6-14(22)10-17(16)23/h2-11H,1H3/b18-11+. The second-order valence-electron chi connectivity index (χ2n) is 6.03. The molecule has 1 aliphatic heterocycles. The highest BCUT2D eigenvalue weighted by atomic mass is 35.5. The SMILES string of the molecule is Cc1ccc(C2=N/C(=C/c3ccc(-c4ccc(Cl)cc4Cl)o3)C(=O)O2)cc1. The van der Waals surface area contributed by atoms with Crippen molar-refractivity contribution in [2.24, 2.45) is 4.99 Å². The Kier molecular flexibility index (Phi) is 4.60. The van der Waals surface area contributed by atoms with E-state index in [4.69, 9.17) is 32.4 Å². The van der Waals surface area contributed by atoms with Crippen LogP contribution in [0.5, 0.6) is 0 Å². The summed E-state index contributed by atoms with van der Waals surface area (Å²) >= 11 is 12.1. The lowest BCUT2D eigenvalue weighted by Crippen LogP contribution is -2.05. The molecule has 0 fully saturated rings. The van der Waals surface area contributed by atoms with E-state index in [9.17, 15) is 4.79 Å². The zero-order chi connectivity index (χ0) is 19.0. The first-order valence-corrected chi connectivity index (χ1v) is 8.90. The van der Waals surface area contributed by atoms with Crippen molar-refractivity contribution in [3.63, 3.8) is 0 Å². The quantitative estimate of drug-likeness (QED) is 0.407. The van der Waals surface area contributed by atoms with E-state index in [0.717, 1.165) is 11.1 Å². The third kappa shape index (κ3) is 3.68. The minimum atomic E-state index is -0.520. The summed E-state index contributed by atoms with van der Waals surface area (Å²) in [5, 5.41) is 1.03. The molecule has 0 N–H and O–H groups in total. The summed E-state index contributed by atoms with van der Waals surface area (Å²) in [6.45, 7) is 1.99. The Hall–Kier alpha value is -2.82. The number of aryl methyl sites for hydroxylation is 1. The first-order chi connectivity index (χ1) is 13.0. The van der Waals surface area contributed by atoms with Gasteiger partial charge < -0.3 is 9.15 Å². The molecule has 0 atom stereocenters. The van der Waals surface area contributed by atoms with E-state index in [1.54, 1.807) is 30.3 Å². The van der Waals surface area contributed by atoms with E-state index in [-0.39, 0.29) is 11.6 Å². The molecule has 2 heterocycles. The number of carbonyl (C=O) groups is 1. The van der Waals surface area contributed by atoms with E-state index < -0.39 is 5.97 Å². The van der Waals surface area contributed by atoms with Crippen molar-refractivity contribution in [2.45, 2.75) is 6.92 Å². The van der Waals surface area contributed by atoms with Crippen LogP contribution < -0.4 is 0 Å². The van der Waals surface area contributed by atoms with Crippen LogP contribution in [0.15, 0.2) is 69.7 Å². The van der Waals surface area contributed by atoms with Crippen molar-refractivity contribution in [2.75, 3.05) is 0 Å². The van der Waals surface area contributed by atoms with Crippen molar-refractivity contribution in [1.29, 1.82) is 0 Å². The summed E-state index contributed by atoms with van der Waals surface area (Å²) in [5.74, 6) is 0.793. The fourth-order valence-electron chi connectivity index (χ4n) is 2.63. The molecule has 6 heteroatoms. The average molecular weight is 398 g/mol. The van der Waals surface area contributed by atoms with Gasteiger partial charge in [0.15, 0.2) is 5.70 Å². The number of halogens is 2. The molecule has 4 rings (SSSR count). The minimum Gasteiger partial charge on any atom is -0.457 e. The molecule has 0 bridgehead atoms. The smallest absolute Gasteiger partial charge is 0.363 e. The van der Waals surface area contributed by atoms with Crippen molar-refractivity contribution < 1.29 is 13.9 Å². The van der Waals surface area contributed by atoms with Crippen LogP contribution in [0.25, 0.3) is 17.4 Å². The Labute approximate surface area is 165 Å². The zero-order valence-corrected chi connectivity index (χ0v) is 15.7. The Bertz CT molecular complexity index is 1090. The number of carbonyl (C=O) groups excluding carboxylic acids is 1. The third-order valence-electron chi connectivity index (χ3n) is 4.02. The fraction of sp³-hybridized carbons (Fsp3) is 0.0476. The third-order valence-corrected chi connectivity index (χ3v) is 4.57. The number of nitrogens with zero attached hydrogens (tertiary/aromatic N) is 1. The van der Waals surface area contributed by atoms with Crippen LogP contribution in [0.2, 0.25) is 10.0 Å². The lowest BCUT2D eigenvalue weighted by Gasteiger charge is -2.00. The largest absolute Gasteiger partial charge is 0.457 e. The molecule has 0 saturated heterocycles. The molecule has 27 heavy (non-hydrogen) atoms. The summed E-state index contributed by atoms with van der Waals surface area (Å²) in [4.78, 5) is 16.4. The molecule has 0 saturated carbocycles. The van der Waals surface area contributed by atoms with Gasteiger partial charge in [-0.1, -0.05) is 40.9 Å². The van der Waals surface area contributed by atoms with E-state index >= 15 is 0 Å². The van der Waals surface area contributed by atoms with Crippen molar-refractivity contribution in [1.82, 2.24) is 0 Å². The minimum absolute atomic E-state index is 0.175. The molecular weight excluding hydrogens is 385 g/mol. The first-order valence-electron chi connectivity index (χ1n) is 8.14. The Morgan fingerprint density at radius 1 is 1.00 bits per heavy atom. The second-order valence-corrected chi connectivity index (χ2v) is 6.87. The summed E-state index contributed by atoms with van der Waals surface area (Å²) in [6.07, 6.45) is 1.54. The molecule has 134 valence electrons. The molecule has 1 aliphatic rings. The zero-order valence-electron chi connectivity index (χ0n) is 14.2. The number of hydrogen-bond acceptors (Lipinski definition) is 4. The molecule has 1 aromatic heterocycles. The van der Waals surface area contributed by atoms with Crippen LogP contribution in [0, 0.1) is 6.92 Å². The molecule has 0 spiro atoms. The molecule has 0 unspecified atom stereocenters. The second kappa shape index (κ2) is 7.06. The fourth-order valence-corrected chi connectivity index (χ4v) is 3.13. The van der Waals surface area contributed by atoms with Gasteiger partial charge in [0.1, 0.15) is 11.5 Å². The van der Waals surface area contributed by atoms with Crippen LogP contribution in [-0.4, -0.2) is 11.9 Å². The lowest BCUT2D eigenvalue weighted by molar-refractivity contribution is -0.129. The molecule has 3 aromatic rings. The van der Waals surface area contributed by atoms with Gasteiger partial charge >= 0.3 is 5.97 Å². The highest BCUT2D eigenvalue weighted by Crippen LogP contribution is 2.32. The normalized spacial score (nSPS) is 15.1. The van der Waals surface area contributed by atoms with Crippen LogP contribution in [0.4, 0.5) is 0 Å². The van der Waals surface area contributed by atoms with Gasteiger partial charge in [0.05, 0.1) is 5.02 Å². The van der Waals surface area contributed by atoms with Gasteiger partial charge in [-0.25, -0.2) is 9.79 Å². The monoisotopic (exact) mass is 397 g/mol. The highest BCUT2D eigenvalue weighted by molar-refractivity contribution is 6.36. The van der Waals surface area contributed by atoms with Gasteiger partial charge in [0.25, 0.3) is 0 Å². The van der Waals surface area contributed by atoms with Gasteiger partial charge in [-0.15, -0.1) is 0 Å². The summed E-state index contributed by atoms with van der Waals surface area (Å²) < 4.78 is 11.0. The predicted molar refractivity (Wildman–Crippen MR) is 106 cm³/mol. The predicted octanol–water partition coefficient (Wildman–Crippen LogP) is 5.91. The number of cyclic esters (lactones) is 1. The summed E-state index contributed by atoms with van der Waals surface area (Å²) in [6, 6.07) is 16.2. The van der Waals surface area contributed by atoms with Gasteiger partial charge in [-0.3, -0.25) is 0 Å².